The lowest BCUT2D eigenvalue weighted by atomic mass is 9.82. The van der Waals surface area contributed by atoms with E-state index in [1.807, 2.05) is 18.2 Å². The maximum absolute atomic E-state index is 10.4. The van der Waals surface area contributed by atoms with Crippen LogP contribution in [0.1, 0.15) is 39.8 Å². The lowest BCUT2D eigenvalue weighted by Gasteiger charge is -2.21. The number of methoxy groups -OCH3 is 1. The number of benzene rings is 4. The third-order valence-electron chi connectivity index (χ3n) is 6.11. The van der Waals surface area contributed by atoms with Crippen LogP contribution in [0.3, 0.4) is 0 Å². The topological polar surface area (TPSA) is 99.4 Å². The van der Waals surface area contributed by atoms with Crippen LogP contribution in [0.25, 0.3) is 12.2 Å². The highest BCUT2D eigenvalue weighted by atomic mass is 16.5. The quantitative estimate of drug-likeness (QED) is 0.270. The molecule has 4 aromatic carbocycles. The maximum atomic E-state index is 10.4. The zero-order valence-electron chi connectivity index (χ0n) is 18.9. The van der Waals surface area contributed by atoms with Crippen LogP contribution in [0.5, 0.6) is 34.5 Å². The van der Waals surface area contributed by atoms with E-state index in [9.17, 15) is 20.4 Å². The molecule has 2 atom stereocenters. The minimum atomic E-state index is -0.472. The van der Waals surface area contributed by atoms with Gasteiger partial charge in [-0.25, -0.2) is 0 Å². The number of phenols is 4. The molecule has 0 saturated carbocycles. The second kappa shape index (κ2) is 8.99. The molecule has 5 rings (SSSR count). The van der Waals surface area contributed by atoms with Gasteiger partial charge in [0.1, 0.15) is 40.6 Å². The van der Waals surface area contributed by atoms with E-state index in [2.05, 4.69) is 0 Å². The summed E-state index contributed by atoms with van der Waals surface area (Å²) in [6.07, 6.45) is 3.31. The van der Waals surface area contributed by atoms with Crippen LogP contribution in [0.4, 0.5) is 0 Å². The van der Waals surface area contributed by atoms with Gasteiger partial charge < -0.3 is 29.9 Å². The summed E-state index contributed by atoms with van der Waals surface area (Å²) in [5.41, 5.74) is 4.09. The molecular weight excluding hydrogens is 444 g/mol. The number of hydrogen-bond acceptors (Lipinski definition) is 6. The number of hydrogen-bond donors (Lipinski definition) is 4. The van der Waals surface area contributed by atoms with E-state index in [4.69, 9.17) is 9.47 Å². The minimum Gasteiger partial charge on any atom is -0.508 e. The predicted molar refractivity (Wildman–Crippen MR) is 133 cm³/mol. The van der Waals surface area contributed by atoms with E-state index in [0.29, 0.717) is 11.5 Å². The van der Waals surface area contributed by atoms with Gasteiger partial charge in [-0.1, -0.05) is 36.4 Å². The summed E-state index contributed by atoms with van der Waals surface area (Å²) in [5, 5.41) is 40.2. The van der Waals surface area contributed by atoms with Crippen molar-refractivity contribution in [3.63, 3.8) is 0 Å². The third-order valence-corrected chi connectivity index (χ3v) is 6.11. The van der Waals surface area contributed by atoms with E-state index in [1.165, 1.54) is 6.07 Å². The normalized spacial score (nSPS) is 16.7. The molecule has 0 aromatic heterocycles. The largest absolute Gasteiger partial charge is 0.508 e. The summed E-state index contributed by atoms with van der Waals surface area (Å²) < 4.78 is 11.8. The lowest BCUT2D eigenvalue weighted by molar-refractivity contribution is 0.221. The molecule has 6 heteroatoms. The molecule has 176 valence electrons. The Bertz CT molecular complexity index is 1390. The van der Waals surface area contributed by atoms with Crippen molar-refractivity contribution in [2.45, 2.75) is 12.0 Å². The van der Waals surface area contributed by atoms with Crippen LogP contribution in [0.2, 0.25) is 0 Å². The van der Waals surface area contributed by atoms with Crippen molar-refractivity contribution in [2.75, 3.05) is 7.11 Å². The van der Waals surface area contributed by atoms with E-state index < -0.39 is 6.10 Å². The fourth-order valence-electron chi connectivity index (χ4n) is 4.50. The van der Waals surface area contributed by atoms with Gasteiger partial charge in [-0.3, -0.25) is 0 Å². The Labute approximate surface area is 202 Å². The highest BCUT2D eigenvalue weighted by Crippen LogP contribution is 2.53. The standard InChI is InChI=1S/C29H24O6/c1-34-25-14-20(13-23(32)15-25)28-27-19(5-2-17-3-8-21(30)9-4-17)12-24(33)16-26(27)35-29(28)18-6-10-22(31)11-7-18/h2-16,28-33H,1H3/b5-2+/t28-,29+/m0/s1. The highest BCUT2D eigenvalue weighted by molar-refractivity contribution is 5.75. The number of aromatic hydroxyl groups is 4. The van der Waals surface area contributed by atoms with Crippen molar-refractivity contribution in [2.24, 2.45) is 0 Å². The number of ether oxygens (including phenoxy) is 2. The summed E-state index contributed by atoms with van der Waals surface area (Å²) in [6, 6.07) is 21.9. The van der Waals surface area contributed by atoms with Crippen LogP contribution in [-0.2, 0) is 0 Å². The molecule has 0 bridgehead atoms. The molecule has 35 heavy (non-hydrogen) atoms. The summed E-state index contributed by atoms with van der Waals surface area (Å²) in [4.78, 5) is 0. The molecular formula is C29H24O6. The van der Waals surface area contributed by atoms with Gasteiger partial charge in [0.25, 0.3) is 0 Å². The van der Waals surface area contributed by atoms with Crippen molar-refractivity contribution in [3.05, 3.63) is 107 Å². The second-order valence-electron chi connectivity index (χ2n) is 8.44. The van der Waals surface area contributed by atoms with Crippen LogP contribution in [0, 0.1) is 0 Å². The zero-order valence-corrected chi connectivity index (χ0v) is 18.9. The smallest absolute Gasteiger partial charge is 0.135 e. The SMILES string of the molecule is COc1cc(O)cc([C@H]2c3c(/C=C/c4ccc(O)cc4)cc(O)cc3O[C@@H]2c2ccc(O)cc2)c1. The fourth-order valence-corrected chi connectivity index (χ4v) is 4.50. The van der Waals surface area contributed by atoms with Crippen molar-refractivity contribution >= 4 is 12.2 Å². The van der Waals surface area contributed by atoms with Gasteiger partial charge in [0, 0.05) is 17.7 Å². The molecule has 0 amide bonds. The van der Waals surface area contributed by atoms with Gasteiger partial charge in [-0.15, -0.1) is 0 Å². The molecule has 0 saturated heterocycles. The van der Waals surface area contributed by atoms with Gasteiger partial charge in [0.2, 0.25) is 0 Å². The Morgan fingerprint density at radius 1 is 0.686 bits per heavy atom. The molecule has 1 heterocycles. The summed E-state index contributed by atoms with van der Waals surface area (Å²) in [5.74, 6) is 1.16. The zero-order chi connectivity index (χ0) is 24.5. The van der Waals surface area contributed by atoms with Gasteiger partial charge >= 0.3 is 0 Å². The Hall–Kier alpha value is -4.58. The summed E-state index contributed by atoms with van der Waals surface area (Å²) in [7, 11) is 1.54. The van der Waals surface area contributed by atoms with E-state index in [1.54, 1.807) is 73.8 Å². The second-order valence-corrected chi connectivity index (χ2v) is 8.44. The number of fused-ring (bicyclic) bond motifs is 1. The average Bonchev–Trinajstić information content (AvgIpc) is 3.23. The molecule has 0 unspecified atom stereocenters. The molecule has 1 aliphatic heterocycles. The Kier molecular flexibility index (Phi) is 5.71. The molecule has 0 spiro atoms. The lowest BCUT2D eigenvalue weighted by Crippen LogP contribution is -2.12. The Morgan fingerprint density at radius 3 is 2.03 bits per heavy atom. The van der Waals surface area contributed by atoms with E-state index in [-0.39, 0.29) is 28.9 Å². The third kappa shape index (κ3) is 4.46. The molecule has 4 aromatic rings. The van der Waals surface area contributed by atoms with Gasteiger partial charge in [-0.05, 0) is 64.7 Å². The first-order chi connectivity index (χ1) is 16.9. The molecule has 6 nitrogen and oxygen atoms in total. The maximum Gasteiger partial charge on any atom is 0.135 e. The summed E-state index contributed by atoms with van der Waals surface area (Å²) in [6.45, 7) is 0. The first kappa shape index (κ1) is 22.2. The van der Waals surface area contributed by atoms with Crippen molar-refractivity contribution in [3.8, 4) is 34.5 Å². The van der Waals surface area contributed by atoms with Crippen molar-refractivity contribution < 1.29 is 29.9 Å². The van der Waals surface area contributed by atoms with Crippen molar-refractivity contribution in [1.82, 2.24) is 0 Å². The molecule has 0 fully saturated rings. The molecule has 1 aliphatic rings. The molecule has 4 N–H and O–H groups in total. The number of phenolic OH excluding ortho intramolecular Hbond substituents is 4. The van der Waals surface area contributed by atoms with E-state index in [0.717, 1.165) is 27.8 Å². The van der Waals surface area contributed by atoms with Crippen molar-refractivity contribution in [1.29, 1.82) is 0 Å². The Balaban J connectivity index is 1.67. The van der Waals surface area contributed by atoms with Gasteiger partial charge in [-0.2, -0.15) is 0 Å². The minimum absolute atomic E-state index is 0.0627. The number of rotatable bonds is 5. The highest BCUT2D eigenvalue weighted by Gasteiger charge is 2.39. The molecule has 0 radical (unpaired) electrons. The van der Waals surface area contributed by atoms with Crippen LogP contribution < -0.4 is 9.47 Å². The monoisotopic (exact) mass is 468 g/mol. The fraction of sp³-hybridized carbons (Fsp3) is 0.103. The van der Waals surface area contributed by atoms with Gasteiger partial charge in [0.05, 0.1) is 13.0 Å². The average molecular weight is 469 g/mol. The van der Waals surface area contributed by atoms with E-state index >= 15 is 0 Å². The first-order valence-electron chi connectivity index (χ1n) is 11.1. The summed E-state index contributed by atoms with van der Waals surface area (Å²) >= 11 is 0. The van der Waals surface area contributed by atoms with Crippen LogP contribution in [-0.4, -0.2) is 27.5 Å². The first-order valence-corrected chi connectivity index (χ1v) is 11.1. The predicted octanol–water partition coefficient (Wildman–Crippen LogP) is 5.95. The van der Waals surface area contributed by atoms with Crippen LogP contribution >= 0.6 is 0 Å². The molecule has 0 aliphatic carbocycles. The van der Waals surface area contributed by atoms with Crippen LogP contribution in [0.15, 0.2) is 78.9 Å². The van der Waals surface area contributed by atoms with Gasteiger partial charge in [0.15, 0.2) is 0 Å². The Morgan fingerprint density at radius 2 is 1.34 bits per heavy atom.